The van der Waals surface area contributed by atoms with E-state index in [1.807, 2.05) is 24.2 Å². The van der Waals surface area contributed by atoms with E-state index in [2.05, 4.69) is 9.55 Å². The molecular weight excluding hydrogens is 254 g/mol. The average molecular weight is 279 g/mol. The lowest BCUT2D eigenvalue weighted by Crippen LogP contribution is -2.40. The summed E-state index contributed by atoms with van der Waals surface area (Å²) in [5, 5.41) is 0. The van der Waals surface area contributed by atoms with E-state index in [0.717, 1.165) is 44.7 Å². The number of unbranched alkanes of at least 4 members (excludes halogenated alkanes) is 3. The van der Waals surface area contributed by atoms with Crippen molar-refractivity contribution in [2.24, 2.45) is 0 Å². The van der Waals surface area contributed by atoms with Gasteiger partial charge in [-0.15, -0.1) is 0 Å². The fourth-order valence-electron chi connectivity index (χ4n) is 2.52. The lowest BCUT2D eigenvalue weighted by atomic mass is 10.1. The zero-order chi connectivity index (χ0) is 14.2. The van der Waals surface area contributed by atoms with Gasteiger partial charge in [-0.1, -0.05) is 12.8 Å². The molecule has 0 radical (unpaired) electrons. The molecule has 1 aliphatic rings. The molecule has 1 aromatic heterocycles. The molecule has 1 aromatic rings. The highest BCUT2D eigenvalue weighted by atomic mass is 16.5. The Kier molecular flexibility index (Phi) is 6.05. The van der Waals surface area contributed by atoms with Crippen molar-refractivity contribution in [2.45, 2.75) is 45.6 Å². The molecule has 1 saturated heterocycles. The van der Waals surface area contributed by atoms with E-state index in [9.17, 15) is 4.79 Å². The molecule has 2 rings (SSSR count). The predicted molar refractivity (Wildman–Crippen MR) is 77.4 cm³/mol. The van der Waals surface area contributed by atoms with Gasteiger partial charge in [0.25, 0.3) is 0 Å². The molecule has 0 aliphatic carbocycles. The number of nitrogens with zero attached hydrogens (tertiary/aromatic N) is 3. The molecule has 20 heavy (non-hydrogen) atoms. The third kappa shape index (κ3) is 4.63. The fourth-order valence-corrected chi connectivity index (χ4v) is 2.52. The van der Waals surface area contributed by atoms with Gasteiger partial charge in [-0.2, -0.15) is 0 Å². The Morgan fingerprint density at radius 2 is 2.00 bits per heavy atom. The first kappa shape index (κ1) is 15.0. The van der Waals surface area contributed by atoms with Gasteiger partial charge in [-0.05, 0) is 19.8 Å². The molecule has 5 heteroatoms. The van der Waals surface area contributed by atoms with Crippen LogP contribution >= 0.6 is 0 Å². The van der Waals surface area contributed by atoms with Gasteiger partial charge >= 0.3 is 0 Å². The molecule has 2 heterocycles. The number of carbonyl (C=O) groups is 1. The van der Waals surface area contributed by atoms with Crippen molar-refractivity contribution in [2.75, 3.05) is 26.3 Å². The van der Waals surface area contributed by atoms with Crippen LogP contribution in [0.15, 0.2) is 12.4 Å². The third-order valence-corrected chi connectivity index (χ3v) is 3.83. The number of hydrogen-bond donors (Lipinski definition) is 0. The summed E-state index contributed by atoms with van der Waals surface area (Å²) in [6.45, 7) is 5.97. The van der Waals surface area contributed by atoms with Gasteiger partial charge in [0.1, 0.15) is 5.82 Å². The Bertz CT molecular complexity index is 411. The maximum absolute atomic E-state index is 11.9. The molecule has 0 N–H and O–H groups in total. The molecule has 0 atom stereocenters. The quantitative estimate of drug-likeness (QED) is 0.717. The van der Waals surface area contributed by atoms with Gasteiger partial charge < -0.3 is 14.2 Å². The van der Waals surface area contributed by atoms with E-state index >= 15 is 0 Å². The highest BCUT2D eigenvalue weighted by Gasteiger charge is 2.15. The van der Waals surface area contributed by atoms with Gasteiger partial charge in [0.15, 0.2) is 0 Å². The summed E-state index contributed by atoms with van der Waals surface area (Å²) < 4.78 is 7.43. The summed E-state index contributed by atoms with van der Waals surface area (Å²) in [5.41, 5.74) is 0. The number of carbonyl (C=O) groups excluding carboxylic acids is 1. The summed E-state index contributed by atoms with van der Waals surface area (Å²) in [6, 6.07) is 0. The van der Waals surface area contributed by atoms with E-state index in [1.165, 1.54) is 6.42 Å². The molecule has 0 unspecified atom stereocenters. The van der Waals surface area contributed by atoms with Crippen LogP contribution in [0.5, 0.6) is 0 Å². The van der Waals surface area contributed by atoms with Crippen molar-refractivity contribution in [1.82, 2.24) is 14.5 Å². The SMILES string of the molecule is Cc1nccn1CCCCCCC(=O)N1CCOCC1. The number of imidazole rings is 1. The summed E-state index contributed by atoms with van der Waals surface area (Å²) in [5.74, 6) is 1.37. The van der Waals surface area contributed by atoms with Crippen molar-refractivity contribution in [3.63, 3.8) is 0 Å². The van der Waals surface area contributed by atoms with Crippen LogP contribution in [0, 0.1) is 6.92 Å². The smallest absolute Gasteiger partial charge is 0.222 e. The number of morpholine rings is 1. The van der Waals surface area contributed by atoms with Gasteiger partial charge in [0, 0.05) is 38.4 Å². The summed E-state index contributed by atoms with van der Waals surface area (Å²) in [7, 11) is 0. The molecule has 5 nitrogen and oxygen atoms in total. The highest BCUT2D eigenvalue weighted by molar-refractivity contribution is 5.76. The third-order valence-electron chi connectivity index (χ3n) is 3.83. The largest absolute Gasteiger partial charge is 0.378 e. The topological polar surface area (TPSA) is 47.4 Å². The second kappa shape index (κ2) is 8.04. The fraction of sp³-hybridized carbons (Fsp3) is 0.733. The lowest BCUT2D eigenvalue weighted by molar-refractivity contribution is -0.135. The molecule has 1 fully saturated rings. The predicted octanol–water partition coefficient (Wildman–Crippen LogP) is 2.00. The molecule has 0 aromatic carbocycles. The molecule has 0 spiro atoms. The van der Waals surface area contributed by atoms with Crippen LogP contribution in [-0.2, 0) is 16.1 Å². The zero-order valence-corrected chi connectivity index (χ0v) is 12.4. The standard InChI is InChI=1S/C15H25N3O2/c1-14-16-7-9-17(14)8-5-3-2-4-6-15(19)18-10-12-20-13-11-18/h7,9H,2-6,8,10-13H2,1H3. The van der Waals surface area contributed by atoms with E-state index in [0.29, 0.717) is 25.5 Å². The number of aryl methyl sites for hydroxylation is 2. The first-order valence-electron chi connectivity index (χ1n) is 7.60. The van der Waals surface area contributed by atoms with Crippen LogP contribution in [0.4, 0.5) is 0 Å². The lowest BCUT2D eigenvalue weighted by Gasteiger charge is -2.26. The Balaban J connectivity index is 1.51. The normalized spacial score (nSPS) is 15.6. The van der Waals surface area contributed by atoms with Crippen LogP contribution in [0.25, 0.3) is 0 Å². The number of amides is 1. The Morgan fingerprint density at radius 3 is 2.70 bits per heavy atom. The van der Waals surface area contributed by atoms with E-state index in [-0.39, 0.29) is 0 Å². The van der Waals surface area contributed by atoms with Gasteiger partial charge in [0.2, 0.25) is 5.91 Å². The molecule has 0 saturated carbocycles. The second-order valence-electron chi connectivity index (χ2n) is 5.33. The number of rotatable bonds is 7. The number of ether oxygens (including phenoxy) is 1. The summed E-state index contributed by atoms with van der Waals surface area (Å²) in [6.07, 6.45) is 9.01. The highest BCUT2D eigenvalue weighted by Crippen LogP contribution is 2.08. The van der Waals surface area contributed by atoms with Crippen molar-refractivity contribution >= 4 is 5.91 Å². The van der Waals surface area contributed by atoms with Crippen LogP contribution < -0.4 is 0 Å². The van der Waals surface area contributed by atoms with Crippen LogP contribution in [0.3, 0.4) is 0 Å². The van der Waals surface area contributed by atoms with Crippen LogP contribution in [0.2, 0.25) is 0 Å². The number of aromatic nitrogens is 2. The van der Waals surface area contributed by atoms with Crippen molar-refractivity contribution in [1.29, 1.82) is 0 Å². The Hall–Kier alpha value is -1.36. The molecule has 112 valence electrons. The Labute approximate surface area is 120 Å². The van der Waals surface area contributed by atoms with E-state index < -0.39 is 0 Å². The maximum Gasteiger partial charge on any atom is 0.222 e. The average Bonchev–Trinajstić information content (AvgIpc) is 2.89. The molecule has 1 amide bonds. The van der Waals surface area contributed by atoms with Gasteiger partial charge in [-0.25, -0.2) is 4.98 Å². The van der Waals surface area contributed by atoms with Crippen molar-refractivity contribution in [3.05, 3.63) is 18.2 Å². The zero-order valence-electron chi connectivity index (χ0n) is 12.4. The van der Waals surface area contributed by atoms with Gasteiger partial charge in [0.05, 0.1) is 13.2 Å². The van der Waals surface area contributed by atoms with Gasteiger partial charge in [-0.3, -0.25) is 4.79 Å². The monoisotopic (exact) mass is 279 g/mol. The minimum absolute atomic E-state index is 0.291. The first-order chi connectivity index (χ1) is 9.77. The minimum atomic E-state index is 0.291. The van der Waals surface area contributed by atoms with Crippen LogP contribution in [0.1, 0.15) is 37.9 Å². The van der Waals surface area contributed by atoms with Crippen molar-refractivity contribution in [3.8, 4) is 0 Å². The summed E-state index contributed by atoms with van der Waals surface area (Å²) >= 11 is 0. The van der Waals surface area contributed by atoms with E-state index in [1.54, 1.807) is 0 Å². The van der Waals surface area contributed by atoms with Crippen LogP contribution in [-0.4, -0.2) is 46.7 Å². The first-order valence-corrected chi connectivity index (χ1v) is 7.60. The van der Waals surface area contributed by atoms with E-state index in [4.69, 9.17) is 4.74 Å². The molecule has 0 bridgehead atoms. The molecule has 1 aliphatic heterocycles. The van der Waals surface area contributed by atoms with Crippen molar-refractivity contribution < 1.29 is 9.53 Å². The Morgan fingerprint density at radius 1 is 1.25 bits per heavy atom. The second-order valence-corrected chi connectivity index (χ2v) is 5.33. The maximum atomic E-state index is 11.9. The minimum Gasteiger partial charge on any atom is -0.378 e. The summed E-state index contributed by atoms with van der Waals surface area (Å²) in [4.78, 5) is 18.1. The molecular formula is C15H25N3O2. The number of hydrogen-bond acceptors (Lipinski definition) is 3.